The molecule has 1 fully saturated rings. The molecular weight excluding hydrogens is 257 g/mol. The molecule has 0 aliphatic carbocycles. The van der Waals surface area contributed by atoms with Crippen LogP contribution in [0.4, 0.5) is 0 Å². The number of carboxylic acids is 1. The van der Waals surface area contributed by atoms with Gasteiger partial charge in [-0.15, -0.1) is 0 Å². The van der Waals surface area contributed by atoms with Crippen LogP contribution in [0.2, 0.25) is 0 Å². The molecule has 1 saturated heterocycles. The molecule has 106 valence electrons. The van der Waals surface area contributed by atoms with Crippen LogP contribution in [0.3, 0.4) is 0 Å². The molecule has 0 amide bonds. The topological polar surface area (TPSA) is 68.7 Å². The number of pyridine rings is 1. The molecule has 5 nitrogen and oxygen atoms in total. The minimum atomic E-state index is -1.01. The van der Waals surface area contributed by atoms with E-state index in [1.807, 2.05) is 27.7 Å². The summed E-state index contributed by atoms with van der Waals surface area (Å²) in [4.78, 5) is 14.7. The molecule has 0 unspecified atom stereocenters. The van der Waals surface area contributed by atoms with Crippen LogP contribution in [-0.4, -0.2) is 34.4 Å². The first kappa shape index (κ1) is 14.7. The minimum Gasteiger partial charge on any atom is -0.478 e. The van der Waals surface area contributed by atoms with E-state index >= 15 is 0 Å². The summed E-state index contributed by atoms with van der Waals surface area (Å²) in [5.41, 5.74) is 0.577. The van der Waals surface area contributed by atoms with E-state index in [0.29, 0.717) is 5.56 Å². The van der Waals surface area contributed by atoms with E-state index in [4.69, 9.17) is 14.4 Å². The summed E-state index contributed by atoms with van der Waals surface area (Å²) in [5, 5.41) is 8.73. The van der Waals surface area contributed by atoms with Gasteiger partial charge in [-0.1, -0.05) is 0 Å². The normalized spacial score (nSPS) is 20.5. The van der Waals surface area contributed by atoms with Crippen molar-refractivity contribution < 1.29 is 19.2 Å². The van der Waals surface area contributed by atoms with Gasteiger partial charge >= 0.3 is 13.1 Å². The highest BCUT2D eigenvalue weighted by Gasteiger charge is 2.52. The van der Waals surface area contributed by atoms with Gasteiger partial charge in [-0.25, -0.2) is 4.79 Å². The standard InChI is InChI=1S/C14H18BNO4/c1-13(2)14(3,4)20-15(19-13)11-7-8-16-9-10(11)5-6-12(17)18/h5-9H,1-4H3,(H,17,18)/b6-5+. The van der Waals surface area contributed by atoms with Crippen molar-refractivity contribution in [3.05, 3.63) is 30.1 Å². The molecule has 0 saturated carbocycles. The van der Waals surface area contributed by atoms with Crippen molar-refractivity contribution in [3.63, 3.8) is 0 Å². The fourth-order valence-corrected chi connectivity index (χ4v) is 1.90. The maximum Gasteiger partial charge on any atom is 0.495 e. The monoisotopic (exact) mass is 275 g/mol. The lowest BCUT2D eigenvalue weighted by atomic mass is 9.76. The molecule has 1 aliphatic heterocycles. The number of hydrogen-bond acceptors (Lipinski definition) is 4. The third kappa shape index (κ3) is 2.76. The van der Waals surface area contributed by atoms with Crippen LogP contribution >= 0.6 is 0 Å². The summed E-state index contributed by atoms with van der Waals surface area (Å²) in [6.07, 6.45) is 5.81. The second-order valence-corrected chi connectivity index (χ2v) is 5.76. The molecule has 1 aromatic heterocycles. The van der Waals surface area contributed by atoms with Gasteiger partial charge in [0.2, 0.25) is 0 Å². The Morgan fingerprint density at radius 2 is 1.90 bits per heavy atom. The summed E-state index contributed by atoms with van der Waals surface area (Å²) >= 11 is 0. The first-order chi connectivity index (χ1) is 9.23. The lowest BCUT2D eigenvalue weighted by Gasteiger charge is -2.32. The maximum absolute atomic E-state index is 10.6. The van der Waals surface area contributed by atoms with E-state index in [2.05, 4.69) is 4.98 Å². The molecule has 1 aromatic rings. The van der Waals surface area contributed by atoms with E-state index in [1.54, 1.807) is 18.5 Å². The van der Waals surface area contributed by atoms with Crippen molar-refractivity contribution in [1.82, 2.24) is 4.98 Å². The zero-order valence-corrected chi connectivity index (χ0v) is 12.1. The minimum absolute atomic E-state index is 0.436. The van der Waals surface area contributed by atoms with E-state index in [1.165, 1.54) is 6.08 Å². The molecule has 6 heteroatoms. The zero-order chi connectivity index (χ0) is 15.0. The van der Waals surface area contributed by atoms with E-state index in [9.17, 15) is 4.79 Å². The van der Waals surface area contributed by atoms with Crippen molar-refractivity contribution in [3.8, 4) is 0 Å². The SMILES string of the molecule is CC1(C)OB(c2ccncc2/C=C/C(=O)O)OC1(C)C. The largest absolute Gasteiger partial charge is 0.495 e. The Labute approximate surface area is 118 Å². The number of carboxylic acid groups (broad SMARTS) is 1. The van der Waals surface area contributed by atoms with Crippen molar-refractivity contribution in [2.24, 2.45) is 0 Å². The number of rotatable bonds is 3. The van der Waals surface area contributed by atoms with Gasteiger partial charge in [0, 0.05) is 18.5 Å². The predicted molar refractivity (Wildman–Crippen MR) is 76.6 cm³/mol. The second kappa shape index (κ2) is 5.03. The lowest BCUT2D eigenvalue weighted by Crippen LogP contribution is -2.41. The Balaban J connectivity index is 2.33. The number of aromatic nitrogens is 1. The number of hydrogen-bond donors (Lipinski definition) is 1. The summed E-state index contributed by atoms with van der Waals surface area (Å²) in [6, 6.07) is 1.78. The summed E-state index contributed by atoms with van der Waals surface area (Å²) in [6.45, 7) is 7.89. The van der Waals surface area contributed by atoms with Gasteiger partial charge in [-0.05, 0) is 50.9 Å². The molecular formula is C14H18BNO4. The average molecular weight is 275 g/mol. The van der Waals surface area contributed by atoms with Crippen LogP contribution in [0.1, 0.15) is 33.3 Å². The Morgan fingerprint density at radius 3 is 2.45 bits per heavy atom. The van der Waals surface area contributed by atoms with Crippen LogP contribution in [0.5, 0.6) is 0 Å². The molecule has 0 bridgehead atoms. The molecule has 2 heterocycles. The van der Waals surface area contributed by atoms with Gasteiger partial charge in [-0.3, -0.25) is 4.98 Å². The summed E-state index contributed by atoms with van der Waals surface area (Å²) in [5.74, 6) is -1.01. The smallest absolute Gasteiger partial charge is 0.478 e. The van der Waals surface area contributed by atoms with Crippen molar-refractivity contribution in [2.45, 2.75) is 38.9 Å². The third-order valence-electron chi connectivity index (χ3n) is 3.80. The van der Waals surface area contributed by atoms with E-state index < -0.39 is 24.3 Å². The van der Waals surface area contributed by atoms with Crippen LogP contribution in [-0.2, 0) is 14.1 Å². The van der Waals surface area contributed by atoms with Crippen LogP contribution in [0, 0.1) is 0 Å². The fraction of sp³-hybridized carbons (Fsp3) is 0.429. The van der Waals surface area contributed by atoms with Crippen molar-refractivity contribution >= 4 is 24.6 Å². The highest BCUT2D eigenvalue weighted by Crippen LogP contribution is 2.36. The molecule has 1 aliphatic rings. The van der Waals surface area contributed by atoms with Crippen molar-refractivity contribution in [2.75, 3.05) is 0 Å². The Morgan fingerprint density at radius 1 is 1.30 bits per heavy atom. The molecule has 20 heavy (non-hydrogen) atoms. The molecule has 0 radical (unpaired) electrons. The Kier molecular flexibility index (Phi) is 3.71. The van der Waals surface area contributed by atoms with Crippen molar-refractivity contribution in [1.29, 1.82) is 0 Å². The highest BCUT2D eigenvalue weighted by atomic mass is 16.7. The average Bonchev–Trinajstić information content (AvgIpc) is 2.56. The van der Waals surface area contributed by atoms with Crippen LogP contribution in [0.15, 0.2) is 24.5 Å². The molecule has 1 N–H and O–H groups in total. The first-order valence-electron chi connectivity index (χ1n) is 6.43. The first-order valence-corrected chi connectivity index (χ1v) is 6.43. The van der Waals surface area contributed by atoms with Gasteiger partial charge in [0.1, 0.15) is 0 Å². The number of aliphatic carboxylic acids is 1. The summed E-state index contributed by atoms with van der Waals surface area (Å²) in [7, 11) is -0.531. The molecule has 2 rings (SSSR count). The molecule has 0 atom stereocenters. The van der Waals surface area contributed by atoms with Gasteiger partial charge in [-0.2, -0.15) is 0 Å². The van der Waals surface area contributed by atoms with Gasteiger partial charge < -0.3 is 14.4 Å². The van der Waals surface area contributed by atoms with E-state index in [0.717, 1.165) is 11.5 Å². The Bertz CT molecular complexity index is 538. The van der Waals surface area contributed by atoms with Gasteiger partial charge in [0.15, 0.2) is 0 Å². The van der Waals surface area contributed by atoms with Crippen LogP contribution < -0.4 is 5.46 Å². The fourth-order valence-electron chi connectivity index (χ4n) is 1.90. The number of carbonyl (C=O) groups is 1. The van der Waals surface area contributed by atoms with Gasteiger partial charge in [0.05, 0.1) is 11.2 Å². The predicted octanol–water partition coefficient (Wildman–Crippen LogP) is 1.48. The maximum atomic E-state index is 10.6. The number of nitrogens with zero attached hydrogens (tertiary/aromatic N) is 1. The zero-order valence-electron chi connectivity index (χ0n) is 12.1. The molecule has 0 aromatic carbocycles. The van der Waals surface area contributed by atoms with Gasteiger partial charge in [0.25, 0.3) is 0 Å². The molecule has 0 spiro atoms. The highest BCUT2D eigenvalue weighted by molar-refractivity contribution is 6.63. The Hall–Kier alpha value is -1.66. The lowest BCUT2D eigenvalue weighted by molar-refractivity contribution is -0.131. The quantitative estimate of drug-likeness (QED) is 0.668. The third-order valence-corrected chi connectivity index (χ3v) is 3.80. The van der Waals surface area contributed by atoms with E-state index in [-0.39, 0.29) is 0 Å². The summed E-state index contributed by atoms with van der Waals surface area (Å²) < 4.78 is 11.9. The van der Waals surface area contributed by atoms with Crippen LogP contribution in [0.25, 0.3) is 6.08 Å². The second-order valence-electron chi connectivity index (χ2n) is 5.76.